The Balaban J connectivity index is 1.72. The van der Waals surface area contributed by atoms with Gasteiger partial charge in [-0.2, -0.15) is 0 Å². The predicted molar refractivity (Wildman–Crippen MR) is 107 cm³/mol. The van der Waals surface area contributed by atoms with Gasteiger partial charge in [0.1, 0.15) is 6.54 Å². The molecule has 0 heterocycles. The highest BCUT2D eigenvalue weighted by atomic mass is 16.5. The molecule has 0 unspecified atom stereocenters. The first-order valence-electron chi connectivity index (χ1n) is 8.81. The third kappa shape index (κ3) is 6.73. The zero-order valence-corrected chi connectivity index (χ0v) is 16.5. The van der Waals surface area contributed by atoms with Crippen molar-refractivity contribution in [1.82, 2.24) is 21.5 Å². The highest BCUT2D eigenvalue weighted by Gasteiger charge is 2.12. The van der Waals surface area contributed by atoms with Gasteiger partial charge >= 0.3 is 6.03 Å². The van der Waals surface area contributed by atoms with E-state index in [2.05, 4.69) is 21.5 Å². The summed E-state index contributed by atoms with van der Waals surface area (Å²) in [6, 6.07) is 11.8. The van der Waals surface area contributed by atoms with Crippen LogP contribution < -0.4 is 31.0 Å². The van der Waals surface area contributed by atoms with Crippen LogP contribution in [0, 0.1) is 6.92 Å². The molecule has 0 spiro atoms. The molecule has 0 bridgehead atoms. The lowest BCUT2D eigenvalue weighted by Crippen LogP contribution is -2.47. The predicted octanol–water partition coefficient (Wildman–Crippen LogP) is 1.27. The molecule has 29 heavy (non-hydrogen) atoms. The zero-order valence-electron chi connectivity index (χ0n) is 16.5. The van der Waals surface area contributed by atoms with Crippen LogP contribution in [-0.4, -0.2) is 38.6 Å². The number of aryl methyl sites for hydroxylation is 1. The summed E-state index contributed by atoms with van der Waals surface area (Å²) in [5.41, 5.74) is 6.84. The number of hydrogen-bond donors (Lipinski definition) is 4. The molecule has 2 rings (SSSR count). The van der Waals surface area contributed by atoms with Crippen LogP contribution in [0.5, 0.6) is 11.5 Å². The third-order valence-electron chi connectivity index (χ3n) is 3.94. The van der Waals surface area contributed by atoms with Crippen molar-refractivity contribution in [3.63, 3.8) is 0 Å². The summed E-state index contributed by atoms with van der Waals surface area (Å²) in [7, 11) is 2.94. The largest absolute Gasteiger partial charge is 0.493 e. The number of benzene rings is 2. The van der Waals surface area contributed by atoms with Crippen molar-refractivity contribution < 1.29 is 23.9 Å². The molecule has 4 N–H and O–H groups in total. The SMILES string of the molecule is COc1ccc(C(=O)NNC(=O)CNC(=O)NCc2ccc(C)cc2)cc1OC. The molecule has 9 heteroatoms. The maximum Gasteiger partial charge on any atom is 0.315 e. The summed E-state index contributed by atoms with van der Waals surface area (Å²) in [6.45, 7) is 2.02. The van der Waals surface area contributed by atoms with Crippen molar-refractivity contribution >= 4 is 17.8 Å². The molecule has 0 aliphatic heterocycles. The lowest BCUT2D eigenvalue weighted by Gasteiger charge is -2.11. The van der Waals surface area contributed by atoms with E-state index in [0.29, 0.717) is 18.0 Å². The van der Waals surface area contributed by atoms with Gasteiger partial charge in [0, 0.05) is 12.1 Å². The van der Waals surface area contributed by atoms with Gasteiger partial charge in [0.05, 0.1) is 14.2 Å². The number of rotatable bonds is 7. The maximum absolute atomic E-state index is 12.1. The Morgan fingerprint density at radius 3 is 2.21 bits per heavy atom. The summed E-state index contributed by atoms with van der Waals surface area (Å²) in [5, 5.41) is 5.06. The van der Waals surface area contributed by atoms with Crippen LogP contribution in [-0.2, 0) is 11.3 Å². The number of hydrogen-bond acceptors (Lipinski definition) is 5. The van der Waals surface area contributed by atoms with E-state index >= 15 is 0 Å². The minimum Gasteiger partial charge on any atom is -0.493 e. The smallest absolute Gasteiger partial charge is 0.315 e. The zero-order chi connectivity index (χ0) is 21.2. The number of hydrazine groups is 1. The van der Waals surface area contributed by atoms with Crippen molar-refractivity contribution in [3.8, 4) is 11.5 Å². The molecule has 154 valence electrons. The summed E-state index contributed by atoms with van der Waals surface area (Å²) in [5.74, 6) is -0.250. The molecule has 0 aliphatic carbocycles. The monoisotopic (exact) mass is 400 g/mol. The first kappa shape index (κ1) is 21.5. The second kappa shape index (κ2) is 10.5. The molecule has 2 aromatic carbocycles. The van der Waals surface area contributed by atoms with Crippen molar-refractivity contribution in [2.75, 3.05) is 20.8 Å². The van der Waals surface area contributed by atoms with Crippen molar-refractivity contribution in [2.45, 2.75) is 13.5 Å². The van der Waals surface area contributed by atoms with Gasteiger partial charge in [-0.15, -0.1) is 0 Å². The number of nitrogens with one attached hydrogen (secondary N) is 4. The molecule has 9 nitrogen and oxygen atoms in total. The Kier molecular flexibility index (Phi) is 7.84. The third-order valence-corrected chi connectivity index (χ3v) is 3.94. The molecule has 2 aromatic rings. The number of methoxy groups -OCH3 is 2. The molecule has 0 aliphatic rings. The van der Waals surface area contributed by atoms with E-state index in [1.807, 2.05) is 31.2 Å². The van der Waals surface area contributed by atoms with Crippen LogP contribution in [0.3, 0.4) is 0 Å². The lowest BCUT2D eigenvalue weighted by atomic mass is 10.1. The van der Waals surface area contributed by atoms with Gasteiger partial charge in [-0.3, -0.25) is 20.4 Å². The second-order valence-electron chi connectivity index (χ2n) is 6.09. The van der Waals surface area contributed by atoms with Crippen LogP contribution in [0.1, 0.15) is 21.5 Å². The minimum atomic E-state index is -0.579. The van der Waals surface area contributed by atoms with Gasteiger partial charge in [0.15, 0.2) is 11.5 Å². The van der Waals surface area contributed by atoms with Gasteiger partial charge in [-0.1, -0.05) is 29.8 Å². The molecule has 0 aromatic heterocycles. The van der Waals surface area contributed by atoms with Crippen molar-refractivity contribution in [3.05, 3.63) is 59.2 Å². The highest BCUT2D eigenvalue weighted by molar-refractivity contribution is 5.96. The maximum atomic E-state index is 12.1. The first-order chi connectivity index (χ1) is 13.9. The quantitative estimate of drug-likeness (QED) is 0.522. The molecular formula is C20H24N4O5. The fourth-order valence-corrected chi connectivity index (χ4v) is 2.33. The van der Waals surface area contributed by atoms with Gasteiger partial charge < -0.3 is 20.1 Å². The standard InChI is InChI=1S/C20H24N4O5/c1-13-4-6-14(7-5-13)11-21-20(27)22-12-18(25)23-24-19(26)15-8-9-16(28-2)17(10-15)29-3/h4-10H,11-12H2,1-3H3,(H,23,25)(H,24,26)(H2,21,22,27). The van der Waals surface area contributed by atoms with Gasteiger partial charge in [0.25, 0.3) is 11.8 Å². The normalized spacial score (nSPS) is 9.90. The van der Waals surface area contributed by atoms with E-state index < -0.39 is 17.8 Å². The summed E-state index contributed by atoms with van der Waals surface area (Å²) < 4.78 is 10.2. The van der Waals surface area contributed by atoms with Crippen LogP contribution in [0.15, 0.2) is 42.5 Å². The average Bonchev–Trinajstić information content (AvgIpc) is 2.74. The van der Waals surface area contributed by atoms with Crippen LogP contribution >= 0.6 is 0 Å². The Morgan fingerprint density at radius 1 is 0.862 bits per heavy atom. The topological polar surface area (TPSA) is 118 Å². The Hall–Kier alpha value is -3.75. The summed E-state index contributed by atoms with van der Waals surface area (Å²) in [4.78, 5) is 35.7. The number of ether oxygens (including phenoxy) is 2. The Morgan fingerprint density at radius 2 is 1.55 bits per heavy atom. The second-order valence-corrected chi connectivity index (χ2v) is 6.09. The molecule has 4 amide bonds. The highest BCUT2D eigenvalue weighted by Crippen LogP contribution is 2.27. The van der Waals surface area contributed by atoms with E-state index in [4.69, 9.17) is 9.47 Å². The fourth-order valence-electron chi connectivity index (χ4n) is 2.33. The summed E-state index contributed by atoms with van der Waals surface area (Å²) >= 11 is 0. The average molecular weight is 400 g/mol. The first-order valence-corrected chi connectivity index (χ1v) is 8.81. The minimum absolute atomic E-state index is 0.270. The van der Waals surface area contributed by atoms with Gasteiger partial charge in [-0.25, -0.2) is 4.79 Å². The van der Waals surface area contributed by atoms with Gasteiger partial charge in [0.2, 0.25) is 0 Å². The summed E-state index contributed by atoms with van der Waals surface area (Å²) in [6.07, 6.45) is 0. The van der Waals surface area contributed by atoms with Crippen molar-refractivity contribution in [2.24, 2.45) is 0 Å². The van der Waals surface area contributed by atoms with Crippen LogP contribution in [0.2, 0.25) is 0 Å². The Labute approximate surface area is 168 Å². The van der Waals surface area contributed by atoms with Gasteiger partial charge in [-0.05, 0) is 30.7 Å². The fraction of sp³-hybridized carbons (Fsp3) is 0.250. The van der Waals surface area contributed by atoms with E-state index in [1.54, 1.807) is 6.07 Å². The van der Waals surface area contributed by atoms with Crippen LogP contribution in [0.25, 0.3) is 0 Å². The molecular weight excluding hydrogens is 376 g/mol. The Bertz CT molecular complexity index is 868. The van der Waals surface area contributed by atoms with Crippen molar-refractivity contribution in [1.29, 1.82) is 0 Å². The molecule has 0 radical (unpaired) electrons. The lowest BCUT2D eigenvalue weighted by molar-refractivity contribution is -0.120. The van der Waals surface area contributed by atoms with E-state index in [1.165, 1.54) is 26.4 Å². The number of amides is 4. The number of carbonyl (C=O) groups is 3. The molecule has 0 saturated heterocycles. The number of carbonyl (C=O) groups excluding carboxylic acids is 3. The van der Waals surface area contributed by atoms with Crippen LogP contribution in [0.4, 0.5) is 4.79 Å². The van der Waals surface area contributed by atoms with E-state index in [-0.39, 0.29) is 12.1 Å². The number of urea groups is 1. The van der Waals surface area contributed by atoms with E-state index in [9.17, 15) is 14.4 Å². The molecule has 0 saturated carbocycles. The molecule has 0 atom stereocenters. The van der Waals surface area contributed by atoms with E-state index in [0.717, 1.165) is 11.1 Å². The molecule has 0 fully saturated rings.